The fourth-order valence-electron chi connectivity index (χ4n) is 1.61. The zero-order valence-electron chi connectivity index (χ0n) is 8.92. The van der Waals surface area contributed by atoms with E-state index in [9.17, 15) is 14.7 Å². The van der Waals surface area contributed by atoms with Crippen LogP contribution in [0.1, 0.15) is 22.6 Å². The van der Waals surface area contributed by atoms with Crippen LogP contribution >= 0.6 is 11.3 Å². The van der Waals surface area contributed by atoms with Gasteiger partial charge in [0.1, 0.15) is 0 Å². The van der Waals surface area contributed by atoms with Gasteiger partial charge in [0.2, 0.25) is 10.1 Å². The molecule has 2 amide bonds. The number of hydrogen-bond donors (Lipinski definition) is 2. The molecule has 2 rings (SSSR count). The molecular weight excluding hydrogens is 244 g/mol. The highest BCUT2D eigenvalue weighted by Crippen LogP contribution is 2.18. The zero-order chi connectivity index (χ0) is 12.3. The van der Waals surface area contributed by atoms with Gasteiger partial charge in [-0.25, -0.2) is 0 Å². The van der Waals surface area contributed by atoms with E-state index >= 15 is 0 Å². The number of anilines is 1. The number of carbonyl (C=O) groups excluding carboxylic acids is 2. The van der Waals surface area contributed by atoms with Crippen molar-refractivity contribution in [1.82, 2.24) is 15.1 Å². The summed E-state index contributed by atoms with van der Waals surface area (Å²) in [6.45, 7) is 1.03. The zero-order valence-corrected chi connectivity index (χ0v) is 9.74. The standard InChI is InChI=1S/C9H11N4O3S/c14-5-10-9-12-11-7(17-9)8(16)13-3-1-6(15)2-4-13/h6,15H,1-4H2,(H,10,12,14). The number of rotatable bonds is 3. The Labute approximate surface area is 101 Å². The number of carbonyl (C=O) groups is 1. The molecule has 1 aromatic rings. The Balaban J connectivity index is 2.00. The molecule has 0 unspecified atom stereocenters. The second kappa shape index (κ2) is 5.19. The average Bonchev–Trinajstić information content (AvgIpc) is 2.78. The second-order valence-electron chi connectivity index (χ2n) is 3.66. The molecule has 2 N–H and O–H groups in total. The van der Waals surface area contributed by atoms with Crippen LogP contribution in [0.3, 0.4) is 0 Å². The van der Waals surface area contributed by atoms with Crippen LogP contribution in [0, 0.1) is 0 Å². The molecule has 1 aromatic heterocycles. The van der Waals surface area contributed by atoms with Gasteiger partial charge in [-0.15, -0.1) is 10.2 Å². The molecule has 0 spiro atoms. The highest BCUT2D eigenvalue weighted by molar-refractivity contribution is 7.17. The van der Waals surface area contributed by atoms with Crippen LogP contribution in [-0.2, 0) is 4.79 Å². The third kappa shape index (κ3) is 2.77. The number of likely N-dealkylation sites (tertiary alicyclic amines) is 1. The third-order valence-electron chi connectivity index (χ3n) is 2.52. The normalized spacial score (nSPS) is 16.9. The molecule has 0 bridgehead atoms. The van der Waals surface area contributed by atoms with Gasteiger partial charge in [0, 0.05) is 13.1 Å². The maximum absolute atomic E-state index is 11.9. The predicted octanol–water partition coefficient (Wildman–Crippen LogP) is -0.386. The predicted molar refractivity (Wildman–Crippen MR) is 60.4 cm³/mol. The van der Waals surface area contributed by atoms with Crippen LogP contribution in [0.2, 0.25) is 0 Å². The molecule has 0 saturated carbocycles. The average molecular weight is 255 g/mol. The van der Waals surface area contributed by atoms with Crippen LogP contribution in [0.5, 0.6) is 0 Å². The molecule has 17 heavy (non-hydrogen) atoms. The van der Waals surface area contributed by atoms with Gasteiger partial charge in [-0.3, -0.25) is 14.9 Å². The summed E-state index contributed by atoms with van der Waals surface area (Å²) in [5.41, 5.74) is 0. The maximum Gasteiger partial charge on any atom is 0.315 e. The number of aliphatic hydroxyl groups excluding tert-OH is 1. The van der Waals surface area contributed by atoms with Gasteiger partial charge in [0.15, 0.2) is 0 Å². The number of nitrogens with zero attached hydrogens (tertiary/aromatic N) is 3. The van der Waals surface area contributed by atoms with Crippen LogP contribution in [0.15, 0.2) is 0 Å². The molecule has 0 aliphatic carbocycles. The van der Waals surface area contributed by atoms with E-state index in [0.29, 0.717) is 25.9 Å². The number of amides is 2. The quantitative estimate of drug-likeness (QED) is 0.717. The van der Waals surface area contributed by atoms with Crippen molar-refractivity contribution in [1.29, 1.82) is 0 Å². The van der Waals surface area contributed by atoms with Crippen molar-refractivity contribution in [2.45, 2.75) is 18.9 Å². The smallest absolute Gasteiger partial charge is 0.315 e. The first-order valence-electron chi connectivity index (χ1n) is 5.14. The van der Waals surface area contributed by atoms with Crippen molar-refractivity contribution in [2.75, 3.05) is 18.4 Å². The lowest BCUT2D eigenvalue weighted by Crippen LogP contribution is -2.40. The Bertz CT molecular complexity index is 414. The first-order chi connectivity index (χ1) is 8.20. The number of piperidine rings is 1. The van der Waals surface area contributed by atoms with Gasteiger partial charge >= 0.3 is 6.41 Å². The highest BCUT2D eigenvalue weighted by atomic mass is 32.1. The Morgan fingerprint density at radius 3 is 2.82 bits per heavy atom. The van der Waals surface area contributed by atoms with Crippen LogP contribution in [0.25, 0.3) is 0 Å². The van der Waals surface area contributed by atoms with E-state index in [2.05, 4.69) is 15.5 Å². The molecule has 91 valence electrons. The maximum atomic E-state index is 11.9. The van der Waals surface area contributed by atoms with Crippen molar-refractivity contribution in [2.24, 2.45) is 0 Å². The largest absolute Gasteiger partial charge is 0.393 e. The lowest BCUT2D eigenvalue weighted by atomic mass is 10.1. The first kappa shape index (κ1) is 11.9. The molecule has 8 heteroatoms. The topological polar surface area (TPSA) is 95.4 Å². The van der Waals surface area contributed by atoms with Gasteiger partial charge in [-0.05, 0) is 12.8 Å². The summed E-state index contributed by atoms with van der Waals surface area (Å²) in [6, 6.07) is 0. The summed E-state index contributed by atoms with van der Waals surface area (Å²) in [6.07, 6.45) is 2.31. The van der Waals surface area contributed by atoms with Gasteiger partial charge in [-0.2, -0.15) is 0 Å². The summed E-state index contributed by atoms with van der Waals surface area (Å²) >= 11 is 1.01. The number of aliphatic hydroxyl groups is 1. The molecular formula is C9H11N4O3S. The number of hydrogen-bond acceptors (Lipinski definition) is 6. The minimum Gasteiger partial charge on any atom is -0.393 e. The SMILES string of the molecule is O=[C]Nc1nnc(C(=O)N2CCC(O)CC2)s1. The molecule has 1 radical (unpaired) electrons. The van der Waals surface area contributed by atoms with Crippen molar-refractivity contribution >= 4 is 28.8 Å². The number of nitrogens with one attached hydrogen (secondary N) is 1. The molecule has 2 heterocycles. The fourth-order valence-corrected chi connectivity index (χ4v) is 2.26. The Kier molecular flexibility index (Phi) is 3.64. The third-order valence-corrected chi connectivity index (χ3v) is 3.34. The van der Waals surface area contributed by atoms with Gasteiger partial charge in [-0.1, -0.05) is 11.3 Å². The summed E-state index contributed by atoms with van der Waals surface area (Å²) in [4.78, 5) is 23.6. The lowest BCUT2D eigenvalue weighted by molar-refractivity contribution is 0.0545. The van der Waals surface area contributed by atoms with Crippen molar-refractivity contribution in [3.63, 3.8) is 0 Å². The van der Waals surface area contributed by atoms with Crippen LogP contribution in [0.4, 0.5) is 5.13 Å². The minimum absolute atomic E-state index is 0.214. The Hall–Kier alpha value is -1.54. The second-order valence-corrected chi connectivity index (χ2v) is 4.64. The van der Waals surface area contributed by atoms with Gasteiger partial charge < -0.3 is 10.0 Å². The van der Waals surface area contributed by atoms with Crippen molar-refractivity contribution in [3.8, 4) is 0 Å². The number of aromatic nitrogens is 2. The Morgan fingerprint density at radius 1 is 1.47 bits per heavy atom. The van der Waals surface area contributed by atoms with Crippen molar-refractivity contribution < 1.29 is 14.7 Å². The Morgan fingerprint density at radius 2 is 2.18 bits per heavy atom. The molecule has 1 aliphatic rings. The van der Waals surface area contributed by atoms with E-state index in [1.807, 2.05) is 0 Å². The lowest BCUT2D eigenvalue weighted by Gasteiger charge is -2.28. The monoisotopic (exact) mass is 255 g/mol. The highest BCUT2D eigenvalue weighted by Gasteiger charge is 2.24. The minimum atomic E-state index is -0.324. The molecule has 7 nitrogen and oxygen atoms in total. The van der Waals surface area contributed by atoms with E-state index in [1.54, 1.807) is 4.90 Å². The molecule has 0 aromatic carbocycles. The van der Waals surface area contributed by atoms with E-state index in [1.165, 1.54) is 6.41 Å². The van der Waals surface area contributed by atoms with Crippen molar-refractivity contribution in [3.05, 3.63) is 5.01 Å². The van der Waals surface area contributed by atoms with E-state index in [0.717, 1.165) is 11.3 Å². The molecule has 1 saturated heterocycles. The van der Waals surface area contributed by atoms with Gasteiger partial charge in [0.05, 0.1) is 6.10 Å². The van der Waals surface area contributed by atoms with Crippen LogP contribution in [-0.4, -0.2) is 51.7 Å². The van der Waals surface area contributed by atoms with Gasteiger partial charge in [0.25, 0.3) is 5.91 Å². The fraction of sp³-hybridized carbons (Fsp3) is 0.556. The van der Waals surface area contributed by atoms with E-state index in [-0.39, 0.29) is 22.2 Å². The van der Waals surface area contributed by atoms with E-state index in [4.69, 9.17) is 0 Å². The summed E-state index contributed by atoms with van der Waals surface area (Å²) in [7, 11) is 0. The molecule has 0 atom stereocenters. The summed E-state index contributed by atoms with van der Waals surface area (Å²) in [5, 5.41) is 19.4. The molecule has 1 fully saturated rings. The summed E-state index contributed by atoms with van der Waals surface area (Å²) < 4.78 is 0. The van der Waals surface area contributed by atoms with E-state index < -0.39 is 0 Å². The summed E-state index contributed by atoms with van der Waals surface area (Å²) in [5.74, 6) is -0.214. The molecule has 1 aliphatic heterocycles. The first-order valence-corrected chi connectivity index (χ1v) is 5.96. The van der Waals surface area contributed by atoms with Crippen LogP contribution < -0.4 is 5.32 Å².